The zero-order valence-electron chi connectivity index (χ0n) is 11.1. The van der Waals surface area contributed by atoms with Gasteiger partial charge in [-0.05, 0) is 59.5 Å². The van der Waals surface area contributed by atoms with Crippen LogP contribution in [-0.4, -0.2) is 6.04 Å². The van der Waals surface area contributed by atoms with Crippen LogP contribution in [0, 0.1) is 0 Å². The van der Waals surface area contributed by atoms with Gasteiger partial charge in [0, 0.05) is 21.9 Å². The predicted molar refractivity (Wildman–Crippen MR) is 86.4 cm³/mol. The SMILES string of the molecule is CC(CCc1ccccc1)Nc1ccc(N)cc1Br. The van der Waals surface area contributed by atoms with Crippen molar-refractivity contribution in [2.24, 2.45) is 0 Å². The van der Waals surface area contributed by atoms with Crippen molar-refractivity contribution in [1.29, 1.82) is 0 Å². The van der Waals surface area contributed by atoms with Crippen LogP contribution >= 0.6 is 15.9 Å². The van der Waals surface area contributed by atoms with E-state index in [1.807, 2.05) is 18.2 Å². The molecule has 0 fully saturated rings. The molecule has 0 spiro atoms. The summed E-state index contributed by atoms with van der Waals surface area (Å²) in [6, 6.07) is 16.8. The molecule has 2 nitrogen and oxygen atoms in total. The molecule has 3 N–H and O–H groups in total. The molecule has 2 rings (SSSR count). The molecular weight excluding hydrogens is 300 g/mol. The molecule has 0 saturated carbocycles. The summed E-state index contributed by atoms with van der Waals surface area (Å²) in [6.45, 7) is 2.20. The Morgan fingerprint density at radius 1 is 1.16 bits per heavy atom. The van der Waals surface area contributed by atoms with Crippen molar-refractivity contribution in [1.82, 2.24) is 0 Å². The summed E-state index contributed by atoms with van der Waals surface area (Å²) in [6.07, 6.45) is 2.18. The third-order valence-corrected chi connectivity index (χ3v) is 3.76. The number of nitrogen functional groups attached to an aromatic ring is 1. The number of benzene rings is 2. The van der Waals surface area contributed by atoms with E-state index >= 15 is 0 Å². The van der Waals surface area contributed by atoms with Crippen molar-refractivity contribution in [3.05, 3.63) is 58.6 Å². The van der Waals surface area contributed by atoms with E-state index in [1.54, 1.807) is 0 Å². The van der Waals surface area contributed by atoms with Gasteiger partial charge in [0.1, 0.15) is 0 Å². The Bertz CT molecular complexity index is 526. The Kier molecular flexibility index (Phi) is 4.86. The molecule has 100 valence electrons. The minimum atomic E-state index is 0.417. The van der Waals surface area contributed by atoms with Crippen molar-refractivity contribution in [3.63, 3.8) is 0 Å². The highest BCUT2D eigenvalue weighted by molar-refractivity contribution is 9.10. The second-order valence-electron chi connectivity index (χ2n) is 4.81. The van der Waals surface area contributed by atoms with Crippen LogP contribution in [0.15, 0.2) is 53.0 Å². The molecule has 0 aliphatic heterocycles. The molecular formula is C16H19BrN2. The third kappa shape index (κ3) is 4.28. The van der Waals surface area contributed by atoms with Gasteiger partial charge in [0.15, 0.2) is 0 Å². The van der Waals surface area contributed by atoms with E-state index in [-0.39, 0.29) is 0 Å². The van der Waals surface area contributed by atoms with Crippen molar-refractivity contribution < 1.29 is 0 Å². The largest absolute Gasteiger partial charge is 0.399 e. The van der Waals surface area contributed by atoms with Crippen LogP contribution in [-0.2, 0) is 6.42 Å². The van der Waals surface area contributed by atoms with E-state index in [0.29, 0.717) is 6.04 Å². The fourth-order valence-electron chi connectivity index (χ4n) is 2.01. The van der Waals surface area contributed by atoms with E-state index in [1.165, 1.54) is 5.56 Å². The predicted octanol–water partition coefficient (Wildman–Crippen LogP) is 4.46. The normalized spacial score (nSPS) is 12.1. The Balaban J connectivity index is 1.89. The summed E-state index contributed by atoms with van der Waals surface area (Å²) in [5.74, 6) is 0. The monoisotopic (exact) mass is 318 g/mol. The first kappa shape index (κ1) is 13.9. The molecule has 1 atom stereocenters. The lowest BCUT2D eigenvalue weighted by Gasteiger charge is -2.16. The summed E-state index contributed by atoms with van der Waals surface area (Å²) in [7, 11) is 0. The summed E-state index contributed by atoms with van der Waals surface area (Å²) in [5, 5.41) is 3.51. The average molecular weight is 319 g/mol. The van der Waals surface area contributed by atoms with Crippen LogP contribution in [0.5, 0.6) is 0 Å². The first-order chi connectivity index (χ1) is 9.15. The minimum Gasteiger partial charge on any atom is -0.399 e. The van der Waals surface area contributed by atoms with Crippen molar-refractivity contribution in [2.75, 3.05) is 11.1 Å². The van der Waals surface area contributed by atoms with Crippen molar-refractivity contribution >= 4 is 27.3 Å². The zero-order valence-corrected chi connectivity index (χ0v) is 12.7. The van der Waals surface area contributed by atoms with Gasteiger partial charge >= 0.3 is 0 Å². The molecule has 0 bridgehead atoms. The second kappa shape index (κ2) is 6.62. The van der Waals surface area contributed by atoms with E-state index in [0.717, 1.165) is 28.7 Å². The molecule has 3 heteroatoms. The number of hydrogen-bond donors (Lipinski definition) is 2. The lowest BCUT2D eigenvalue weighted by Crippen LogP contribution is -2.16. The lowest BCUT2D eigenvalue weighted by molar-refractivity contribution is 0.706. The van der Waals surface area contributed by atoms with Crippen LogP contribution in [0.2, 0.25) is 0 Å². The van der Waals surface area contributed by atoms with Gasteiger partial charge < -0.3 is 11.1 Å². The number of hydrogen-bond acceptors (Lipinski definition) is 2. The maximum Gasteiger partial charge on any atom is 0.0488 e. The maximum atomic E-state index is 5.74. The smallest absolute Gasteiger partial charge is 0.0488 e. The van der Waals surface area contributed by atoms with Gasteiger partial charge in [0.05, 0.1) is 0 Å². The highest BCUT2D eigenvalue weighted by Crippen LogP contribution is 2.25. The summed E-state index contributed by atoms with van der Waals surface area (Å²) in [5.41, 5.74) is 8.98. The van der Waals surface area contributed by atoms with Gasteiger partial charge in [-0.15, -0.1) is 0 Å². The molecule has 0 saturated heterocycles. The van der Waals surface area contributed by atoms with Gasteiger partial charge in [0.2, 0.25) is 0 Å². The van der Waals surface area contributed by atoms with Gasteiger partial charge in [-0.1, -0.05) is 30.3 Å². The van der Waals surface area contributed by atoms with Crippen LogP contribution in [0.3, 0.4) is 0 Å². The van der Waals surface area contributed by atoms with Crippen LogP contribution in [0.4, 0.5) is 11.4 Å². The van der Waals surface area contributed by atoms with Crippen LogP contribution in [0.25, 0.3) is 0 Å². The highest BCUT2D eigenvalue weighted by atomic mass is 79.9. The minimum absolute atomic E-state index is 0.417. The zero-order chi connectivity index (χ0) is 13.7. The van der Waals surface area contributed by atoms with Crippen molar-refractivity contribution in [2.45, 2.75) is 25.8 Å². The summed E-state index contributed by atoms with van der Waals surface area (Å²) >= 11 is 3.53. The number of aryl methyl sites for hydroxylation is 1. The molecule has 2 aromatic carbocycles. The Morgan fingerprint density at radius 3 is 2.58 bits per heavy atom. The average Bonchev–Trinajstić information content (AvgIpc) is 2.41. The van der Waals surface area contributed by atoms with Crippen LogP contribution < -0.4 is 11.1 Å². The molecule has 0 aromatic heterocycles. The Labute approximate surface area is 123 Å². The highest BCUT2D eigenvalue weighted by Gasteiger charge is 2.05. The fraction of sp³-hybridized carbons (Fsp3) is 0.250. The topological polar surface area (TPSA) is 38.0 Å². The van der Waals surface area contributed by atoms with Crippen LogP contribution in [0.1, 0.15) is 18.9 Å². The number of nitrogens with one attached hydrogen (secondary N) is 1. The first-order valence-electron chi connectivity index (χ1n) is 6.50. The molecule has 0 heterocycles. The van der Waals surface area contributed by atoms with E-state index in [2.05, 4.69) is 58.5 Å². The summed E-state index contributed by atoms with van der Waals surface area (Å²) < 4.78 is 1.01. The fourth-order valence-corrected chi connectivity index (χ4v) is 2.52. The number of anilines is 2. The van der Waals surface area contributed by atoms with Gasteiger partial charge in [0.25, 0.3) is 0 Å². The van der Waals surface area contributed by atoms with Crippen molar-refractivity contribution in [3.8, 4) is 0 Å². The van der Waals surface area contributed by atoms with E-state index in [4.69, 9.17) is 5.73 Å². The van der Waals surface area contributed by atoms with E-state index in [9.17, 15) is 0 Å². The van der Waals surface area contributed by atoms with E-state index < -0.39 is 0 Å². The first-order valence-corrected chi connectivity index (χ1v) is 7.30. The number of halogens is 1. The second-order valence-corrected chi connectivity index (χ2v) is 5.66. The third-order valence-electron chi connectivity index (χ3n) is 3.10. The lowest BCUT2D eigenvalue weighted by atomic mass is 10.1. The summed E-state index contributed by atoms with van der Waals surface area (Å²) in [4.78, 5) is 0. The Hall–Kier alpha value is -1.48. The maximum absolute atomic E-state index is 5.74. The van der Waals surface area contributed by atoms with Gasteiger partial charge in [-0.2, -0.15) is 0 Å². The quantitative estimate of drug-likeness (QED) is 0.798. The molecule has 19 heavy (non-hydrogen) atoms. The standard InChI is InChI=1S/C16H19BrN2/c1-12(7-8-13-5-3-2-4-6-13)19-16-10-9-14(18)11-15(16)17/h2-6,9-12,19H,7-8,18H2,1H3. The molecule has 0 amide bonds. The Morgan fingerprint density at radius 2 is 1.89 bits per heavy atom. The number of rotatable bonds is 5. The molecule has 0 aliphatic carbocycles. The number of nitrogens with two attached hydrogens (primary N) is 1. The van der Waals surface area contributed by atoms with Gasteiger partial charge in [-0.25, -0.2) is 0 Å². The molecule has 2 aromatic rings. The molecule has 0 aliphatic rings. The molecule has 1 unspecified atom stereocenters. The van der Waals surface area contributed by atoms with Gasteiger partial charge in [-0.3, -0.25) is 0 Å². The molecule has 0 radical (unpaired) electrons.